The summed E-state index contributed by atoms with van der Waals surface area (Å²) >= 11 is 11.5. The van der Waals surface area contributed by atoms with E-state index < -0.39 is 5.82 Å². The van der Waals surface area contributed by atoms with Crippen molar-refractivity contribution in [2.45, 2.75) is 25.5 Å². The minimum absolute atomic E-state index is 0.0567. The first kappa shape index (κ1) is 19.9. The fraction of sp³-hybridized carbons (Fsp3) is 0.350. The van der Waals surface area contributed by atoms with Gasteiger partial charge in [0.15, 0.2) is 5.11 Å². The standard InChI is InChI=1S/C20H22ClFN2O2S/c1-25-16-5-2-4-14(10-16)12-24(13-17-6-3-9-26-17)20(27)23-15-7-8-19(22)18(21)11-15/h2,4-5,7-8,10-11,17H,3,6,9,12-13H2,1H3,(H,23,27). The largest absolute Gasteiger partial charge is 0.497 e. The van der Waals surface area contributed by atoms with Gasteiger partial charge in [0, 0.05) is 25.4 Å². The van der Waals surface area contributed by atoms with Gasteiger partial charge in [-0.3, -0.25) is 0 Å². The maximum atomic E-state index is 13.4. The van der Waals surface area contributed by atoms with E-state index in [1.807, 2.05) is 24.3 Å². The molecule has 27 heavy (non-hydrogen) atoms. The van der Waals surface area contributed by atoms with Crippen LogP contribution in [-0.2, 0) is 11.3 Å². The molecule has 1 fully saturated rings. The monoisotopic (exact) mass is 408 g/mol. The molecule has 1 saturated heterocycles. The van der Waals surface area contributed by atoms with E-state index in [1.54, 1.807) is 13.2 Å². The van der Waals surface area contributed by atoms with Crippen molar-refractivity contribution >= 4 is 34.6 Å². The number of nitrogens with zero attached hydrogens (tertiary/aromatic N) is 1. The Kier molecular flexibility index (Phi) is 6.88. The highest BCUT2D eigenvalue weighted by atomic mass is 35.5. The molecule has 2 aromatic carbocycles. The van der Waals surface area contributed by atoms with Crippen LogP contribution in [0.2, 0.25) is 5.02 Å². The van der Waals surface area contributed by atoms with Crippen LogP contribution in [0.3, 0.4) is 0 Å². The zero-order valence-corrected chi connectivity index (χ0v) is 16.7. The van der Waals surface area contributed by atoms with E-state index >= 15 is 0 Å². The van der Waals surface area contributed by atoms with E-state index in [-0.39, 0.29) is 11.1 Å². The van der Waals surface area contributed by atoms with Gasteiger partial charge in [-0.1, -0.05) is 23.7 Å². The van der Waals surface area contributed by atoms with Crippen LogP contribution in [0, 0.1) is 5.82 Å². The Morgan fingerprint density at radius 2 is 2.22 bits per heavy atom. The molecule has 1 aliphatic heterocycles. The first-order chi connectivity index (χ1) is 13.0. The Hall–Kier alpha value is -1.89. The van der Waals surface area contributed by atoms with Gasteiger partial charge >= 0.3 is 0 Å². The smallest absolute Gasteiger partial charge is 0.173 e. The van der Waals surface area contributed by atoms with E-state index in [9.17, 15) is 4.39 Å². The third-order valence-corrected chi connectivity index (χ3v) is 5.06. The highest BCUT2D eigenvalue weighted by Gasteiger charge is 2.21. The molecule has 2 aromatic rings. The molecule has 0 spiro atoms. The molecule has 1 unspecified atom stereocenters. The van der Waals surface area contributed by atoms with E-state index in [0.29, 0.717) is 23.9 Å². The Balaban J connectivity index is 1.74. The molecule has 0 saturated carbocycles. The number of hydrogen-bond acceptors (Lipinski definition) is 3. The quantitative estimate of drug-likeness (QED) is 0.690. The lowest BCUT2D eigenvalue weighted by molar-refractivity contribution is 0.0905. The molecule has 3 rings (SSSR count). The van der Waals surface area contributed by atoms with Crippen LogP contribution in [0.5, 0.6) is 5.75 Å². The number of anilines is 1. The average Bonchev–Trinajstić information content (AvgIpc) is 3.17. The lowest BCUT2D eigenvalue weighted by atomic mass is 10.2. The molecule has 0 aromatic heterocycles. The second kappa shape index (κ2) is 9.35. The summed E-state index contributed by atoms with van der Waals surface area (Å²) in [7, 11) is 1.65. The zero-order chi connectivity index (χ0) is 19.2. The third-order valence-electron chi connectivity index (χ3n) is 4.41. The number of methoxy groups -OCH3 is 1. The van der Waals surface area contributed by atoms with Gasteiger partial charge in [0.25, 0.3) is 0 Å². The van der Waals surface area contributed by atoms with Gasteiger partial charge in [-0.15, -0.1) is 0 Å². The average molecular weight is 409 g/mol. The first-order valence-corrected chi connectivity index (χ1v) is 9.59. The van der Waals surface area contributed by atoms with Crippen molar-refractivity contribution in [2.75, 3.05) is 25.6 Å². The molecule has 0 amide bonds. The molecule has 4 nitrogen and oxygen atoms in total. The number of ether oxygens (including phenoxy) is 2. The van der Waals surface area contributed by atoms with Crippen molar-refractivity contribution in [2.24, 2.45) is 0 Å². The summed E-state index contributed by atoms with van der Waals surface area (Å²) < 4.78 is 24.5. The van der Waals surface area contributed by atoms with Crippen molar-refractivity contribution in [3.8, 4) is 5.75 Å². The van der Waals surface area contributed by atoms with Gasteiger partial charge in [-0.05, 0) is 61.0 Å². The molecule has 1 atom stereocenters. The summed E-state index contributed by atoms with van der Waals surface area (Å²) in [5, 5.41) is 3.75. The summed E-state index contributed by atoms with van der Waals surface area (Å²) in [6.45, 7) is 2.07. The number of halogens is 2. The summed E-state index contributed by atoms with van der Waals surface area (Å²) in [5.41, 5.74) is 1.73. The fourth-order valence-corrected chi connectivity index (χ4v) is 3.46. The van der Waals surface area contributed by atoms with Gasteiger partial charge in [0.1, 0.15) is 11.6 Å². The molecular weight excluding hydrogens is 387 g/mol. The molecule has 0 bridgehead atoms. The molecule has 7 heteroatoms. The lowest BCUT2D eigenvalue weighted by Gasteiger charge is -2.28. The third kappa shape index (κ3) is 5.54. The highest BCUT2D eigenvalue weighted by molar-refractivity contribution is 7.80. The number of hydrogen-bond donors (Lipinski definition) is 1. The van der Waals surface area contributed by atoms with Gasteiger partial charge in [0.05, 0.1) is 18.2 Å². The predicted molar refractivity (Wildman–Crippen MR) is 110 cm³/mol. The Bertz CT molecular complexity index is 799. The van der Waals surface area contributed by atoms with Gasteiger partial charge < -0.3 is 19.7 Å². The number of nitrogens with one attached hydrogen (secondary N) is 1. The summed E-state index contributed by atoms with van der Waals surface area (Å²) in [4.78, 5) is 2.05. The first-order valence-electron chi connectivity index (χ1n) is 8.80. The van der Waals surface area contributed by atoms with E-state index in [0.717, 1.165) is 30.8 Å². The fourth-order valence-electron chi connectivity index (χ4n) is 3.02. The van der Waals surface area contributed by atoms with Crippen molar-refractivity contribution in [3.05, 3.63) is 58.9 Å². The van der Waals surface area contributed by atoms with Crippen LogP contribution in [-0.4, -0.2) is 36.4 Å². The zero-order valence-electron chi connectivity index (χ0n) is 15.1. The van der Waals surface area contributed by atoms with Gasteiger partial charge in [-0.2, -0.15) is 0 Å². The Morgan fingerprint density at radius 1 is 1.37 bits per heavy atom. The lowest BCUT2D eigenvalue weighted by Crippen LogP contribution is -2.39. The van der Waals surface area contributed by atoms with E-state index in [1.165, 1.54) is 12.1 Å². The summed E-state index contributed by atoms with van der Waals surface area (Å²) in [5.74, 6) is 0.342. The van der Waals surface area contributed by atoms with Crippen molar-refractivity contribution in [1.82, 2.24) is 4.90 Å². The minimum Gasteiger partial charge on any atom is -0.497 e. The summed E-state index contributed by atoms with van der Waals surface area (Å²) in [6.07, 6.45) is 2.22. The molecular formula is C20H22ClFN2O2S. The molecule has 144 valence electrons. The minimum atomic E-state index is -0.458. The van der Waals surface area contributed by atoms with Crippen LogP contribution < -0.4 is 10.1 Å². The van der Waals surface area contributed by atoms with Crippen LogP contribution in [0.15, 0.2) is 42.5 Å². The SMILES string of the molecule is COc1cccc(CN(CC2CCCO2)C(=S)Nc2ccc(F)c(Cl)c2)c1. The highest BCUT2D eigenvalue weighted by Crippen LogP contribution is 2.22. The van der Waals surface area contributed by atoms with Crippen molar-refractivity contribution < 1.29 is 13.9 Å². The van der Waals surface area contributed by atoms with Gasteiger partial charge in [-0.25, -0.2) is 4.39 Å². The Morgan fingerprint density at radius 3 is 2.93 bits per heavy atom. The van der Waals surface area contributed by atoms with Crippen molar-refractivity contribution in [1.29, 1.82) is 0 Å². The van der Waals surface area contributed by atoms with Crippen LogP contribution in [0.25, 0.3) is 0 Å². The van der Waals surface area contributed by atoms with Crippen LogP contribution >= 0.6 is 23.8 Å². The van der Waals surface area contributed by atoms with E-state index in [2.05, 4.69) is 10.2 Å². The Labute approximate surface area is 169 Å². The normalized spacial score (nSPS) is 16.2. The maximum absolute atomic E-state index is 13.4. The van der Waals surface area contributed by atoms with Crippen LogP contribution in [0.1, 0.15) is 18.4 Å². The maximum Gasteiger partial charge on any atom is 0.173 e. The number of rotatable bonds is 6. The molecule has 0 aliphatic carbocycles. The molecule has 1 heterocycles. The second-order valence-corrected chi connectivity index (χ2v) is 7.22. The molecule has 1 aliphatic rings. The van der Waals surface area contributed by atoms with Crippen molar-refractivity contribution in [3.63, 3.8) is 0 Å². The second-order valence-electron chi connectivity index (χ2n) is 6.43. The summed E-state index contributed by atoms with van der Waals surface area (Å²) in [6, 6.07) is 12.3. The van der Waals surface area contributed by atoms with E-state index in [4.69, 9.17) is 33.3 Å². The number of thiocarbonyl (C=S) groups is 1. The predicted octanol–water partition coefficient (Wildman–Crippen LogP) is 4.87. The number of benzene rings is 2. The molecule has 1 N–H and O–H groups in total. The molecule has 0 radical (unpaired) electrons. The van der Waals surface area contributed by atoms with Gasteiger partial charge in [0.2, 0.25) is 0 Å². The topological polar surface area (TPSA) is 33.7 Å². The van der Waals surface area contributed by atoms with Crippen LogP contribution in [0.4, 0.5) is 10.1 Å².